The van der Waals surface area contributed by atoms with E-state index >= 15 is 0 Å². The van der Waals surface area contributed by atoms with Crippen molar-refractivity contribution < 1.29 is 37.0 Å². The summed E-state index contributed by atoms with van der Waals surface area (Å²) in [6, 6.07) is 15.4. The lowest BCUT2D eigenvalue weighted by Gasteiger charge is -2.33. The van der Waals surface area contributed by atoms with Crippen molar-refractivity contribution >= 4 is 43.5 Å². The third kappa shape index (κ3) is 8.05. The van der Waals surface area contributed by atoms with E-state index in [9.17, 15) is 18.0 Å². The summed E-state index contributed by atoms with van der Waals surface area (Å²) >= 11 is 3.47. The highest BCUT2D eigenvalue weighted by Crippen LogP contribution is 2.38. The Hall–Kier alpha value is -3.97. The van der Waals surface area contributed by atoms with Crippen molar-refractivity contribution in [1.29, 1.82) is 0 Å². The Morgan fingerprint density at radius 1 is 0.891 bits per heavy atom. The number of amides is 2. The highest BCUT2D eigenvalue weighted by molar-refractivity contribution is 9.10. The molecule has 248 valence electrons. The summed E-state index contributed by atoms with van der Waals surface area (Å²) in [5.74, 6) is 0.187. The number of nitrogens with zero attached hydrogens (tertiary/aromatic N) is 2. The summed E-state index contributed by atoms with van der Waals surface area (Å²) in [7, 11) is 1.27. The number of ether oxygens (including phenoxy) is 4. The molecule has 13 heteroatoms. The van der Waals surface area contributed by atoms with Gasteiger partial charge in [-0.1, -0.05) is 40.9 Å². The zero-order chi connectivity index (χ0) is 33.4. The van der Waals surface area contributed by atoms with Crippen molar-refractivity contribution in [2.75, 3.05) is 39.3 Å². The van der Waals surface area contributed by atoms with Gasteiger partial charge in [-0.3, -0.25) is 13.9 Å². The van der Waals surface area contributed by atoms with Gasteiger partial charge in [0.15, 0.2) is 11.5 Å². The Morgan fingerprint density at radius 3 is 2.20 bits per heavy atom. The largest absolute Gasteiger partial charge is 0.497 e. The second-order valence-corrected chi connectivity index (χ2v) is 13.7. The first kappa shape index (κ1) is 34.9. The van der Waals surface area contributed by atoms with Crippen LogP contribution < -0.4 is 28.6 Å². The number of hydrogen-bond donors (Lipinski definition) is 1. The number of nitrogens with one attached hydrogen (secondary N) is 1. The molecule has 0 radical (unpaired) electrons. The lowest BCUT2D eigenvalue weighted by molar-refractivity contribution is -0.139. The van der Waals surface area contributed by atoms with Gasteiger partial charge in [-0.15, -0.1) is 0 Å². The van der Waals surface area contributed by atoms with Gasteiger partial charge < -0.3 is 29.2 Å². The van der Waals surface area contributed by atoms with Crippen molar-refractivity contribution in [2.24, 2.45) is 0 Å². The van der Waals surface area contributed by atoms with Crippen LogP contribution in [0.3, 0.4) is 0 Å². The Morgan fingerprint density at radius 2 is 1.57 bits per heavy atom. The number of benzene rings is 3. The fourth-order valence-corrected chi connectivity index (χ4v) is 7.29. The Bertz CT molecular complexity index is 1650. The number of halogens is 1. The molecular formula is C33H40BrN3O8S. The van der Waals surface area contributed by atoms with E-state index in [2.05, 4.69) is 21.2 Å². The molecule has 0 saturated heterocycles. The summed E-state index contributed by atoms with van der Waals surface area (Å²) in [6.07, 6.45) is 3.83. The predicted octanol–water partition coefficient (Wildman–Crippen LogP) is 5.15. The van der Waals surface area contributed by atoms with Crippen LogP contribution in [-0.2, 0) is 26.2 Å². The smallest absolute Gasteiger partial charge is 0.265 e. The van der Waals surface area contributed by atoms with E-state index in [0.717, 1.165) is 40.0 Å². The van der Waals surface area contributed by atoms with E-state index in [1.807, 2.05) is 24.3 Å². The van der Waals surface area contributed by atoms with Crippen LogP contribution in [0.4, 0.5) is 5.69 Å². The van der Waals surface area contributed by atoms with Crippen LogP contribution in [0.15, 0.2) is 70.0 Å². The molecule has 1 fully saturated rings. The summed E-state index contributed by atoms with van der Waals surface area (Å²) in [5.41, 5.74) is 0.840. The number of anilines is 1. The molecule has 1 aliphatic rings. The zero-order valence-electron chi connectivity index (χ0n) is 26.6. The molecule has 46 heavy (non-hydrogen) atoms. The Balaban J connectivity index is 1.79. The van der Waals surface area contributed by atoms with Gasteiger partial charge in [0.25, 0.3) is 10.0 Å². The van der Waals surface area contributed by atoms with Crippen LogP contribution in [0.1, 0.15) is 38.2 Å². The first-order valence-electron chi connectivity index (χ1n) is 14.8. The summed E-state index contributed by atoms with van der Waals surface area (Å²) in [5, 5.41) is 3.07. The van der Waals surface area contributed by atoms with Crippen molar-refractivity contribution in [3.63, 3.8) is 0 Å². The first-order valence-corrected chi connectivity index (χ1v) is 17.1. The van der Waals surface area contributed by atoms with Gasteiger partial charge >= 0.3 is 0 Å². The van der Waals surface area contributed by atoms with Crippen LogP contribution in [0.2, 0.25) is 0 Å². The predicted molar refractivity (Wildman–Crippen MR) is 178 cm³/mol. The van der Waals surface area contributed by atoms with E-state index in [4.69, 9.17) is 18.9 Å². The second-order valence-electron chi connectivity index (χ2n) is 10.9. The van der Waals surface area contributed by atoms with Gasteiger partial charge in [-0.05, 0) is 61.7 Å². The minimum atomic E-state index is -4.44. The SMILES string of the molecule is COc1ccc(OC)c(N(CC(=O)N(Cc2cccc(Br)c2)C(C)C(=O)NC2CCCC2)S(=O)(=O)c2ccc(OC)c(OC)c2)c1. The van der Waals surface area contributed by atoms with Gasteiger partial charge in [0.05, 0.1) is 39.0 Å². The van der Waals surface area contributed by atoms with Crippen LogP contribution in [-0.4, -0.2) is 72.2 Å². The van der Waals surface area contributed by atoms with Gasteiger partial charge in [-0.2, -0.15) is 0 Å². The van der Waals surface area contributed by atoms with Crippen molar-refractivity contribution in [3.05, 3.63) is 70.7 Å². The third-order valence-corrected chi connectivity index (χ3v) is 10.2. The molecule has 1 aliphatic carbocycles. The molecule has 4 rings (SSSR count). The van der Waals surface area contributed by atoms with Gasteiger partial charge in [0.2, 0.25) is 11.8 Å². The second kappa shape index (κ2) is 15.5. The maximum Gasteiger partial charge on any atom is 0.265 e. The van der Waals surface area contributed by atoms with E-state index < -0.39 is 28.5 Å². The lowest BCUT2D eigenvalue weighted by atomic mass is 10.1. The van der Waals surface area contributed by atoms with E-state index in [1.165, 1.54) is 57.6 Å². The molecule has 0 spiro atoms. The molecule has 0 heterocycles. The average molecular weight is 719 g/mol. The third-order valence-electron chi connectivity index (χ3n) is 7.99. The van der Waals surface area contributed by atoms with Crippen LogP contribution >= 0.6 is 15.9 Å². The average Bonchev–Trinajstić information content (AvgIpc) is 3.57. The molecule has 3 aromatic rings. The summed E-state index contributed by atoms with van der Waals surface area (Å²) in [6.45, 7) is 1.08. The molecule has 1 N–H and O–H groups in total. The molecule has 1 unspecified atom stereocenters. The van der Waals surface area contributed by atoms with E-state index in [1.54, 1.807) is 19.1 Å². The Kier molecular flexibility index (Phi) is 11.8. The maximum absolute atomic E-state index is 14.4. The standard InChI is InChI=1S/C33H40BrN3O8S/c1-22(33(39)35-25-11-6-7-12-25)36(20-23-9-8-10-24(34)17-23)32(38)21-37(28-18-26(42-2)13-15-29(28)43-3)46(40,41)27-14-16-30(44-4)31(19-27)45-5/h8-10,13-19,22,25H,6-7,11-12,20-21H2,1-5H3,(H,35,39). The highest BCUT2D eigenvalue weighted by Gasteiger charge is 2.35. The maximum atomic E-state index is 14.4. The Labute approximate surface area is 278 Å². The van der Waals surface area contributed by atoms with Crippen molar-refractivity contribution in [2.45, 2.75) is 56.1 Å². The monoisotopic (exact) mass is 717 g/mol. The molecule has 2 amide bonds. The molecular weight excluding hydrogens is 678 g/mol. The van der Waals surface area contributed by atoms with Crippen LogP contribution in [0, 0.1) is 0 Å². The number of sulfonamides is 1. The fourth-order valence-electron chi connectivity index (χ4n) is 5.42. The van der Waals surface area contributed by atoms with Gasteiger partial charge in [-0.25, -0.2) is 8.42 Å². The normalized spacial score (nSPS) is 13.9. The van der Waals surface area contributed by atoms with Crippen LogP contribution in [0.25, 0.3) is 0 Å². The zero-order valence-corrected chi connectivity index (χ0v) is 29.0. The number of methoxy groups -OCH3 is 4. The number of carbonyl (C=O) groups is 2. The molecule has 11 nitrogen and oxygen atoms in total. The molecule has 3 aromatic carbocycles. The van der Waals surface area contributed by atoms with E-state index in [0.29, 0.717) is 11.5 Å². The molecule has 0 bridgehead atoms. The number of carbonyl (C=O) groups excluding carboxylic acids is 2. The highest BCUT2D eigenvalue weighted by atomic mass is 79.9. The summed E-state index contributed by atoms with van der Waals surface area (Å²) < 4.78 is 52.3. The van der Waals surface area contributed by atoms with Gasteiger partial charge in [0, 0.05) is 29.2 Å². The summed E-state index contributed by atoms with van der Waals surface area (Å²) in [4.78, 5) is 29.1. The quantitative estimate of drug-likeness (QED) is 0.243. The first-order chi connectivity index (χ1) is 22.0. The molecule has 0 aromatic heterocycles. The number of rotatable bonds is 14. The molecule has 0 aliphatic heterocycles. The minimum Gasteiger partial charge on any atom is -0.497 e. The van der Waals surface area contributed by atoms with Crippen LogP contribution in [0.5, 0.6) is 23.0 Å². The van der Waals surface area contributed by atoms with Gasteiger partial charge in [0.1, 0.15) is 24.1 Å². The van der Waals surface area contributed by atoms with Crippen molar-refractivity contribution in [1.82, 2.24) is 10.2 Å². The van der Waals surface area contributed by atoms with E-state index in [-0.39, 0.29) is 40.6 Å². The number of hydrogen-bond acceptors (Lipinski definition) is 8. The topological polar surface area (TPSA) is 124 Å². The molecule has 1 atom stereocenters. The van der Waals surface area contributed by atoms with Crippen molar-refractivity contribution in [3.8, 4) is 23.0 Å². The molecule has 1 saturated carbocycles. The fraction of sp³-hybridized carbons (Fsp3) is 0.394. The lowest BCUT2D eigenvalue weighted by Crippen LogP contribution is -2.52. The minimum absolute atomic E-state index is 0.0424.